The average Bonchev–Trinajstić information content (AvgIpc) is 3.50. The molecule has 33 heavy (non-hydrogen) atoms. The summed E-state index contributed by atoms with van der Waals surface area (Å²) in [4.78, 5) is 29.8. The number of pyridine rings is 1. The number of nitro groups is 1. The Labute approximate surface area is 185 Å². The molecule has 0 aliphatic heterocycles. The van der Waals surface area contributed by atoms with Crippen LogP contribution in [0, 0.1) is 22.9 Å². The minimum atomic E-state index is -0.625. The van der Waals surface area contributed by atoms with Gasteiger partial charge >= 0.3 is 5.69 Å². The van der Waals surface area contributed by atoms with Gasteiger partial charge in [-0.15, -0.1) is 0 Å². The van der Waals surface area contributed by atoms with Crippen LogP contribution in [0.5, 0.6) is 5.88 Å². The van der Waals surface area contributed by atoms with Gasteiger partial charge in [0.05, 0.1) is 16.3 Å². The summed E-state index contributed by atoms with van der Waals surface area (Å²) in [5.41, 5.74) is 1.27. The van der Waals surface area contributed by atoms with Crippen molar-refractivity contribution in [2.75, 3.05) is 4.90 Å². The molecule has 2 aromatic heterocycles. The lowest BCUT2D eigenvalue weighted by molar-refractivity contribution is -0.383. The number of rotatable bonds is 5. The van der Waals surface area contributed by atoms with Crippen molar-refractivity contribution in [3.05, 3.63) is 75.2 Å². The third-order valence-corrected chi connectivity index (χ3v) is 5.45. The minimum absolute atomic E-state index is 0.00128. The Morgan fingerprint density at radius 2 is 1.88 bits per heavy atom. The topological polar surface area (TPSA) is 135 Å². The smallest absolute Gasteiger partial charge is 0.300 e. The van der Waals surface area contributed by atoms with Crippen molar-refractivity contribution in [3.63, 3.8) is 0 Å². The van der Waals surface area contributed by atoms with Crippen LogP contribution in [-0.2, 0) is 0 Å². The van der Waals surface area contributed by atoms with Crippen molar-refractivity contribution in [2.45, 2.75) is 25.7 Å². The van der Waals surface area contributed by atoms with Gasteiger partial charge in [-0.25, -0.2) is 14.0 Å². The number of benzene rings is 2. The van der Waals surface area contributed by atoms with E-state index < -0.39 is 16.6 Å². The number of non-ortho nitro benzene ring substituents is 1. The lowest BCUT2D eigenvalue weighted by Gasteiger charge is -2.26. The molecular formula is C22H16FN5O5. The number of hydrogen-bond donors (Lipinski definition) is 1. The summed E-state index contributed by atoms with van der Waals surface area (Å²) in [6.07, 6.45) is 1.68. The zero-order valence-electron chi connectivity index (χ0n) is 17.2. The molecule has 1 saturated carbocycles. The molecule has 0 unspecified atom stereocenters. The molecule has 2 aromatic carbocycles. The Balaban J connectivity index is 1.77. The number of fused-ring (bicyclic) bond motifs is 1. The van der Waals surface area contributed by atoms with Gasteiger partial charge in [-0.3, -0.25) is 19.8 Å². The number of aromatic hydroxyl groups is 1. The summed E-state index contributed by atoms with van der Waals surface area (Å²) < 4.78 is 18.9. The fourth-order valence-electron chi connectivity index (χ4n) is 3.87. The fourth-order valence-corrected chi connectivity index (χ4v) is 3.87. The second-order valence-corrected chi connectivity index (χ2v) is 7.80. The number of halogens is 1. The van der Waals surface area contributed by atoms with E-state index in [0.717, 1.165) is 12.8 Å². The highest BCUT2D eigenvalue weighted by Crippen LogP contribution is 2.47. The molecule has 1 N–H and O–H groups in total. The van der Waals surface area contributed by atoms with E-state index in [2.05, 4.69) is 15.3 Å². The van der Waals surface area contributed by atoms with Gasteiger partial charge in [-0.1, -0.05) is 0 Å². The minimum Gasteiger partial charge on any atom is -0.493 e. The molecule has 1 aliphatic rings. The molecule has 2 heterocycles. The summed E-state index contributed by atoms with van der Waals surface area (Å²) in [5.74, 6) is -1.27. The van der Waals surface area contributed by atoms with E-state index in [-0.39, 0.29) is 39.8 Å². The maximum atomic E-state index is 14.1. The van der Waals surface area contributed by atoms with Gasteiger partial charge in [0.25, 0.3) is 5.91 Å². The van der Waals surface area contributed by atoms with Crippen LogP contribution < -0.4 is 4.90 Å². The fraction of sp³-hybridized carbons (Fsp3) is 0.182. The lowest BCUT2D eigenvalue weighted by Crippen LogP contribution is -2.27. The largest absolute Gasteiger partial charge is 0.493 e. The van der Waals surface area contributed by atoms with E-state index in [1.54, 1.807) is 6.92 Å². The van der Waals surface area contributed by atoms with E-state index in [1.807, 2.05) is 0 Å². The van der Waals surface area contributed by atoms with E-state index in [4.69, 9.17) is 4.63 Å². The number of nitrogens with zero attached hydrogens (tertiary/aromatic N) is 5. The Kier molecular flexibility index (Phi) is 4.73. The number of carbonyl (C=O) groups excluding carboxylic acids is 1. The van der Waals surface area contributed by atoms with Gasteiger partial charge in [0, 0.05) is 23.4 Å². The average molecular weight is 449 g/mol. The number of aryl methyl sites for hydroxylation is 1. The van der Waals surface area contributed by atoms with Crippen LogP contribution >= 0.6 is 0 Å². The molecule has 1 aliphatic carbocycles. The summed E-state index contributed by atoms with van der Waals surface area (Å²) in [6.45, 7) is 1.62. The predicted molar refractivity (Wildman–Crippen MR) is 114 cm³/mol. The van der Waals surface area contributed by atoms with Crippen molar-refractivity contribution in [1.82, 2.24) is 15.3 Å². The predicted octanol–water partition coefficient (Wildman–Crippen LogP) is 4.54. The van der Waals surface area contributed by atoms with Gasteiger partial charge in [0.2, 0.25) is 11.4 Å². The number of aromatic nitrogens is 3. The maximum Gasteiger partial charge on any atom is 0.300 e. The van der Waals surface area contributed by atoms with Crippen LogP contribution in [0.25, 0.3) is 11.0 Å². The Hall–Kier alpha value is -4.41. The molecule has 166 valence electrons. The number of hydrogen-bond acceptors (Lipinski definition) is 8. The third kappa shape index (κ3) is 3.63. The molecule has 0 spiro atoms. The zero-order chi connectivity index (χ0) is 23.3. The first kappa shape index (κ1) is 20.5. The third-order valence-electron chi connectivity index (χ3n) is 5.45. The van der Waals surface area contributed by atoms with Crippen molar-refractivity contribution in [1.29, 1.82) is 0 Å². The normalized spacial score (nSPS) is 13.3. The van der Waals surface area contributed by atoms with Crippen LogP contribution in [-0.4, -0.2) is 31.2 Å². The van der Waals surface area contributed by atoms with Gasteiger partial charge in [0.15, 0.2) is 5.52 Å². The van der Waals surface area contributed by atoms with Gasteiger partial charge in [-0.2, -0.15) is 0 Å². The molecule has 0 atom stereocenters. The maximum absolute atomic E-state index is 14.1. The molecule has 0 radical (unpaired) electrons. The van der Waals surface area contributed by atoms with E-state index in [9.17, 15) is 24.4 Å². The first-order valence-corrected chi connectivity index (χ1v) is 10.0. The van der Waals surface area contributed by atoms with Crippen LogP contribution in [0.1, 0.15) is 40.4 Å². The molecule has 4 aromatic rings. The Morgan fingerprint density at radius 3 is 2.58 bits per heavy atom. The Morgan fingerprint density at radius 1 is 1.15 bits per heavy atom. The summed E-state index contributed by atoms with van der Waals surface area (Å²) in [5, 5.41) is 28.8. The molecule has 11 heteroatoms. The summed E-state index contributed by atoms with van der Waals surface area (Å²) in [6, 6.07) is 9.39. The number of anilines is 2. The van der Waals surface area contributed by atoms with Crippen molar-refractivity contribution < 1.29 is 23.8 Å². The van der Waals surface area contributed by atoms with E-state index in [1.165, 1.54) is 47.4 Å². The zero-order valence-corrected chi connectivity index (χ0v) is 17.2. The highest BCUT2D eigenvalue weighted by Gasteiger charge is 2.33. The summed E-state index contributed by atoms with van der Waals surface area (Å²) >= 11 is 0. The molecule has 1 amide bonds. The van der Waals surface area contributed by atoms with Crippen LogP contribution in [0.2, 0.25) is 0 Å². The molecule has 0 bridgehead atoms. The molecule has 0 saturated heterocycles. The second-order valence-electron chi connectivity index (χ2n) is 7.80. The second kappa shape index (κ2) is 7.62. The first-order valence-electron chi connectivity index (χ1n) is 10.0. The molecule has 1 fully saturated rings. The van der Waals surface area contributed by atoms with Gasteiger partial charge in [-0.05, 0) is 71.9 Å². The monoisotopic (exact) mass is 449 g/mol. The molecule has 5 rings (SSSR count). The highest BCUT2D eigenvalue weighted by atomic mass is 19.1. The lowest BCUT2D eigenvalue weighted by atomic mass is 10.0. The van der Waals surface area contributed by atoms with E-state index >= 15 is 0 Å². The molecular weight excluding hydrogens is 433 g/mol. The first-order chi connectivity index (χ1) is 15.8. The van der Waals surface area contributed by atoms with Crippen molar-refractivity contribution >= 4 is 34.0 Å². The summed E-state index contributed by atoms with van der Waals surface area (Å²) in [7, 11) is 0. The number of nitro benzene ring substituents is 1. The van der Waals surface area contributed by atoms with Gasteiger partial charge in [0.1, 0.15) is 5.82 Å². The molecule has 10 nitrogen and oxygen atoms in total. The van der Waals surface area contributed by atoms with Gasteiger partial charge < -0.3 is 5.11 Å². The number of carbonyl (C=O) groups is 1. The Bertz CT molecular complexity index is 1410. The van der Waals surface area contributed by atoms with Crippen molar-refractivity contribution in [3.8, 4) is 5.88 Å². The highest BCUT2D eigenvalue weighted by molar-refractivity contribution is 6.15. The van der Waals surface area contributed by atoms with Crippen LogP contribution in [0.15, 0.2) is 47.1 Å². The van der Waals surface area contributed by atoms with Crippen molar-refractivity contribution in [2.24, 2.45) is 0 Å². The standard InChI is InChI=1S/C22H16FN5O5/c1-11-8-13(9-19(29)24-11)22(30)27(16-5-4-14(23)10-15(16)12-2-3-12)17-6-7-18(28(31)32)21-20(17)25-33-26-21/h4-10,12H,2-3H2,1H3,(H,24,29). The SMILES string of the molecule is Cc1cc(C(=O)N(c2ccc(F)cc2C2CC2)c2ccc([N+](=O)[O-])c3nonc23)cc(O)n1. The quantitative estimate of drug-likeness (QED) is 0.347. The van der Waals surface area contributed by atoms with Crippen LogP contribution in [0.4, 0.5) is 21.5 Å². The van der Waals surface area contributed by atoms with E-state index in [0.29, 0.717) is 16.9 Å². The van der Waals surface area contributed by atoms with Crippen LogP contribution in [0.3, 0.4) is 0 Å². The number of amides is 1.